The van der Waals surface area contributed by atoms with Gasteiger partial charge in [-0.25, -0.2) is 0 Å². The SMILES string of the molecule is CCCCCCOC(=O)C(C)(C)CO. The molecule has 0 spiro atoms. The molecule has 0 atom stereocenters. The van der Waals surface area contributed by atoms with Gasteiger partial charge in [0.2, 0.25) is 0 Å². The summed E-state index contributed by atoms with van der Waals surface area (Å²) in [7, 11) is 0. The summed E-state index contributed by atoms with van der Waals surface area (Å²) in [5, 5.41) is 8.90. The van der Waals surface area contributed by atoms with Crippen molar-refractivity contribution in [2.45, 2.75) is 46.5 Å². The Morgan fingerprint density at radius 3 is 2.43 bits per heavy atom. The van der Waals surface area contributed by atoms with Crippen molar-refractivity contribution in [1.29, 1.82) is 0 Å². The van der Waals surface area contributed by atoms with Crippen molar-refractivity contribution in [3.8, 4) is 0 Å². The molecule has 0 aliphatic heterocycles. The number of aliphatic hydroxyl groups is 1. The van der Waals surface area contributed by atoms with Crippen LogP contribution in [0.2, 0.25) is 0 Å². The lowest BCUT2D eigenvalue weighted by Gasteiger charge is -2.19. The van der Waals surface area contributed by atoms with Gasteiger partial charge in [-0.15, -0.1) is 0 Å². The summed E-state index contributed by atoms with van der Waals surface area (Å²) in [5.74, 6) is -0.309. The Morgan fingerprint density at radius 2 is 1.93 bits per heavy atom. The zero-order valence-electron chi connectivity index (χ0n) is 9.51. The van der Waals surface area contributed by atoms with E-state index in [9.17, 15) is 4.79 Å². The van der Waals surface area contributed by atoms with E-state index in [-0.39, 0.29) is 12.6 Å². The normalized spacial score (nSPS) is 11.4. The van der Waals surface area contributed by atoms with Crippen LogP contribution < -0.4 is 0 Å². The zero-order valence-corrected chi connectivity index (χ0v) is 9.51. The Bertz CT molecular complexity index is 164. The van der Waals surface area contributed by atoms with Crippen LogP contribution in [0.1, 0.15) is 46.5 Å². The standard InChI is InChI=1S/C11H22O3/c1-4-5-6-7-8-14-10(13)11(2,3)9-12/h12H,4-9H2,1-3H3. The molecule has 0 aromatic carbocycles. The molecule has 1 N–H and O–H groups in total. The van der Waals surface area contributed by atoms with E-state index < -0.39 is 5.41 Å². The Kier molecular flexibility index (Phi) is 6.54. The molecule has 14 heavy (non-hydrogen) atoms. The maximum absolute atomic E-state index is 11.3. The first-order valence-corrected chi connectivity index (χ1v) is 5.32. The molecule has 0 unspecified atom stereocenters. The monoisotopic (exact) mass is 202 g/mol. The average molecular weight is 202 g/mol. The molecule has 3 nitrogen and oxygen atoms in total. The van der Waals surface area contributed by atoms with Crippen molar-refractivity contribution < 1.29 is 14.6 Å². The highest BCUT2D eigenvalue weighted by atomic mass is 16.5. The quantitative estimate of drug-likeness (QED) is 0.508. The molecule has 3 heteroatoms. The van der Waals surface area contributed by atoms with E-state index >= 15 is 0 Å². The lowest BCUT2D eigenvalue weighted by atomic mass is 9.95. The first-order valence-electron chi connectivity index (χ1n) is 5.32. The number of aliphatic hydroxyl groups excluding tert-OH is 1. The number of hydrogen-bond donors (Lipinski definition) is 1. The van der Waals surface area contributed by atoms with E-state index in [0.29, 0.717) is 6.61 Å². The Balaban J connectivity index is 3.54. The first-order chi connectivity index (χ1) is 6.54. The molecule has 0 aliphatic carbocycles. The van der Waals surface area contributed by atoms with Crippen LogP contribution in [0.3, 0.4) is 0 Å². The summed E-state index contributed by atoms with van der Waals surface area (Å²) in [5.41, 5.74) is -0.759. The Morgan fingerprint density at radius 1 is 1.29 bits per heavy atom. The van der Waals surface area contributed by atoms with Crippen LogP contribution in [0.5, 0.6) is 0 Å². The smallest absolute Gasteiger partial charge is 0.313 e. The topological polar surface area (TPSA) is 46.5 Å². The molecule has 0 aliphatic rings. The van der Waals surface area contributed by atoms with Gasteiger partial charge < -0.3 is 9.84 Å². The summed E-state index contributed by atoms with van der Waals surface area (Å²) in [6.07, 6.45) is 4.38. The molecule has 0 aromatic heterocycles. The molecular weight excluding hydrogens is 180 g/mol. The van der Waals surface area contributed by atoms with E-state index in [1.165, 1.54) is 12.8 Å². The zero-order chi connectivity index (χ0) is 11.0. The van der Waals surface area contributed by atoms with E-state index in [1.54, 1.807) is 13.8 Å². The molecule has 0 amide bonds. The highest BCUT2D eigenvalue weighted by Crippen LogP contribution is 2.16. The van der Waals surface area contributed by atoms with Gasteiger partial charge in [0.25, 0.3) is 0 Å². The maximum atomic E-state index is 11.3. The van der Waals surface area contributed by atoms with Gasteiger partial charge in [-0.05, 0) is 20.3 Å². The van der Waals surface area contributed by atoms with Gasteiger partial charge in [-0.1, -0.05) is 26.2 Å². The summed E-state index contributed by atoms with van der Waals surface area (Å²) in [6, 6.07) is 0. The lowest BCUT2D eigenvalue weighted by Crippen LogP contribution is -2.30. The van der Waals surface area contributed by atoms with E-state index in [4.69, 9.17) is 9.84 Å². The van der Waals surface area contributed by atoms with Crippen molar-refractivity contribution in [3.63, 3.8) is 0 Å². The summed E-state index contributed by atoms with van der Waals surface area (Å²) in [6.45, 7) is 5.81. The van der Waals surface area contributed by atoms with Gasteiger partial charge in [0, 0.05) is 0 Å². The largest absolute Gasteiger partial charge is 0.465 e. The summed E-state index contributed by atoms with van der Waals surface area (Å²) in [4.78, 5) is 11.3. The van der Waals surface area contributed by atoms with Crippen LogP contribution in [0, 0.1) is 5.41 Å². The molecule has 0 saturated heterocycles. The van der Waals surface area contributed by atoms with Crippen molar-refractivity contribution >= 4 is 5.97 Å². The van der Waals surface area contributed by atoms with Crippen LogP contribution >= 0.6 is 0 Å². The molecule has 0 aromatic rings. The summed E-state index contributed by atoms with van der Waals surface area (Å²) < 4.78 is 5.05. The summed E-state index contributed by atoms with van der Waals surface area (Å²) >= 11 is 0. The molecule has 84 valence electrons. The number of unbranched alkanes of at least 4 members (excludes halogenated alkanes) is 3. The molecule has 0 rings (SSSR count). The molecule has 0 fully saturated rings. The lowest BCUT2D eigenvalue weighted by molar-refractivity contribution is -0.156. The van der Waals surface area contributed by atoms with Gasteiger partial charge in [0.05, 0.1) is 18.6 Å². The third-order valence-corrected chi connectivity index (χ3v) is 2.18. The molecule has 0 saturated carbocycles. The van der Waals surface area contributed by atoms with Gasteiger partial charge in [-0.3, -0.25) is 4.79 Å². The van der Waals surface area contributed by atoms with Crippen LogP contribution in [0.4, 0.5) is 0 Å². The minimum absolute atomic E-state index is 0.166. The van der Waals surface area contributed by atoms with E-state index in [1.807, 2.05) is 0 Å². The second-order valence-electron chi connectivity index (χ2n) is 4.24. The highest BCUT2D eigenvalue weighted by molar-refractivity contribution is 5.75. The number of rotatable bonds is 7. The van der Waals surface area contributed by atoms with Crippen molar-refractivity contribution in [2.75, 3.05) is 13.2 Å². The van der Waals surface area contributed by atoms with Crippen LogP contribution in [-0.2, 0) is 9.53 Å². The first kappa shape index (κ1) is 13.4. The van der Waals surface area contributed by atoms with Crippen molar-refractivity contribution in [1.82, 2.24) is 0 Å². The predicted molar refractivity (Wildman–Crippen MR) is 56.0 cm³/mol. The third-order valence-electron chi connectivity index (χ3n) is 2.18. The van der Waals surface area contributed by atoms with Crippen LogP contribution in [0.25, 0.3) is 0 Å². The van der Waals surface area contributed by atoms with Crippen molar-refractivity contribution in [2.24, 2.45) is 5.41 Å². The molecule has 0 heterocycles. The number of esters is 1. The molecule has 0 radical (unpaired) electrons. The Hall–Kier alpha value is -0.570. The second-order valence-corrected chi connectivity index (χ2v) is 4.24. The molecule has 0 bridgehead atoms. The number of ether oxygens (including phenoxy) is 1. The van der Waals surface area contributed by atoms with Crippen molar-refractivity contribution in [3.05, 3.63) is 0 Å². The minimum atomic E-state index is -0.759. The Labute approximate surface area is 86.5 Å². The van der Waals surface area contributed by atoms with Gasteiger partial charge in [0.1, 0.15) is 0 Å². The fourth-order valence-corrected chi connectivity index (χ4v) is 0.954. The third kappa shape index (κ3) is 5.22. The average Bonchev–Trinajstić information content (AvgIpc) is 2.17. The minimum Gasteiger partial charge on any atom is -0.465 e. The van der Waals surface area contributed by atoms with Gasteiger partial charge >= 0.3 is 5.97 Å². The van der Waals surface area contributed by atoms with Gasteiger partial charge in [-0.2, -0.15) is 0 Å². The highest BCUT2D eigenvalue weighted by Gasteiger charge is 2.28. The number of hydrogen-bond acceptors (Lipinski definition) is 3. The molecular formula is C11H22O3. The van der Waals surface area contributed by atoms with Crippen LogP contribution in [0.15, 0.2) is 0 Å². The predicted octanol–water partition coefficient (Wildman–Crippen LogP) is 2.13. The fraction of sp³-hybridized carbons (Fsp3) is 0.909. The maximum Gasteiger partial charge on any atom is 0.313 e. The van der Waals surface area contributed by atoms with E-state index in [0.717, 1.165) is 12.8 Å². The van der Waals surface area contributed by atoms with Crippen LogP contribution in [-0.4, -0.2) is 24.3 Å². The number of carbonyl (C=O) groups excluding carboxylic acids is 1. The van der Waals surface area contributed by atoms with E-state index in [2.05, 4.69) is 6.92 Å². The van der Waals surface area contributed by atoms with Gasteiger partial charge in [0.15, 0.2) is 0 Å². The second kappa shape index (κ2) is 6.82. The fourth-order valence-electron chi connectivity index (χ4n) is 0.954. The number of carbonyl (C=O) groups is 1.